The summed E-state index contributed by atoms with van der Waals surface area (Å²) in [5.74, 6) is 0. The van der Waals surface area contributed by atoms with E-state index < -0.39 is 9.28 Å². The minimum atomic E-state index is -1.48. The van der Waals surface area contributed by atoms with Gasteiger partial charge >= 0.3 is 9.28 Å². The first-order valence-electron chi connectivity index (χ1n) is 6.35. The molecule has 3 unspecified atom stereocenters. The van der Waals surface area contributed by atoms with Crippen molar-refractivity contribution in [1.82, 2.24) is 0 Å². The van der Waals surface area contributed by atoms with Gasteiger partial charge in [-0.2, -0.15) is 0 Å². The first-order valence-corrected chi connectivity index (χ1v) is 7.96. The van der Waals surface area contributed by atoms with Crippen LogP contribution in [0.3, 0.4) is 0 Å². The van der Waals surface area contributed by atoms with Crippen molar-refractivity contribution in [2.24, 2.45) is 0 Å². The fourth-order valence-electron chi connectivity index (χ4n) is 1.14. The molecule has 15 heavy (non-hydrogen) atoms. The van der Waals surface area contributed by atoms with E-state index in [1.807, 2.05) is 0 Å². The minimum Gasteiger partial charge on any atom is -0.394 e. The van der Waals surface area contributed by atoms with Gasteiger partial charge in [0.2, 0.25) is 0 Å². The van der Waals surface area contributed by atoms with E-state index in [0.717, 1.165) is 19.3 Å². The molecular formula is C12H28O2Si. The SMILES string of the molecule is CCC(C)O[SiH](OC(C)CC)C(C)CC. The van der Waals surface area contributed by atoms with Gasteiger partial charge in [-0.15, -0.1) is 0 Å². The van der Waals surface area contributed by atoms with E-state index in [9.17, 15) is 0 Å². The van der Waals surface area contributed by atoms with Crippen molar-refractivity contribution in [2.45, 2.75) is 78.6 Å². The third kappa shape index (κ3) is 6.33. The van der Waals surface area contributed by atoms with Crippen molar-refractivity contribution in [3.8, 4) is 0 Å². The van der Waals surface area contributed by atoms with Crippen molar-refractivity contribution in [2.75, 3.05) is 0 Å². The van der Waals surface area contributed by atoms with Crippen LogP contribution in [0.25, 0.3) is 0 Å². The van der Waals surface area contributed by atoms with Crippen molar-refractivity contribution < 1.29 is 8.85 Å². The summed E-state index contributed by atoms with van der Waals surface area (Å²) in [4.78, 5) is 0. The molecule has 0 N–H and O–H groups in total. The molecule has 0 spiro atoms. The smallest absolute Gasteiger partial charge is 0.324 e. The van der Waals surface area contributed by atoms with Gasteiger partial charge in [0.15, 0.2) is 0 Å². The summed E-state index contributed by atoms with van der Waals surface area (Å²) in [6, 6.07) is 0. The highest BCUT2D eigenvalue weighted by Crippen LogP contribution is 2.19. The average Bonchev–Trinajstić information content (AvgIpc) is 2.26. The zero-order valence-electron chi connectivity index (χ0n) is 11.2. The summed E-state index contributed by atoms with van der Waals surface area (Å²) in [7, 11) is -1.48. The molecule has 92 valence electrons. The van der Waals surface area contributed by atoms with E-state index in [1.165, 1.54) is 0 Å². The molecule has 0 amide bonds. The second-order valence-electron chi connectivity index (χ2n) is 4.46. The van der Waals surface area contributed by atoms with Crippen molar-refractivity contribution in [3.63, 3.8) is 0 Å². The fourth-order valence-corrected chi connectivity index (χ4v) is 3.43. The molecule has 3 heteroatoms. The summed E-state index contributed by atoms with van der Waals surface area (Å²) in [6.07, 6.45) is 4.00. The van der Waals surface area contributed by atoms with Crippen LogP contribution in [0.2, 0.25) is 5.54 Å². The molecule has 0 aromatic carbocycles. The highest BCUT2D eigenvalue weighted by molar-refractivity contribution is 6.46. The average molecular weight is 232 g/mol. The van der Waals surface area contributed by atoms with Crippen molar-refractivity contribution in [3.05, 3.63) is 0 Å². The molecule has 0 radical (unpaired) electrons. The van der Waals surface area contributed by atoms with Crippen LogP contribution in [0.15, 0.2) is 0 Å². The van der Waals surface area contributed by atoms with E-state index in [0.29, 0.717) is 17.7 Å². The fraction of sp³-hybridized carbons (Fsp3) is 1.00. The standard InChI is InChI=1S/C12H28O2Si/c1-7-10(4)13-15(12(6)9-3)14-11(5)8-2/h10-12,15H,7-9H2,1-6H3. The third-order valence-electron chi connectivity index (χ3n) is 2.99. The van der Waals surface area contributed by atoms with Crippen LogP contribution in [0.5, 0.6) is 0 Å². The van der Waals surface area contributed by atoms with E-state index >= 15 is 0 Å². The van der Waals surface area contributed by atoms with Gasteiger partial charge in [-0.25, -0.2) is 0 Å². The molecule has 0 aliphatic carbocycles. The van der Waals surface area contributed by atoms with Crippen LogP contribution in [0.1, 0.15) is 60.8 Å². The molecule has 0 aromatic heterocycles. The lowest BCUT2D eigenvalue weighted by molar-refractivity contribution is 0.104. The molecule has 0 aromatic rings. The Morgan fingerprint density at radius 1 is 0.800 bits per heavy atom. The summed E-state index contributed by atoms with van der Waals surface area (Å²) < 4.78 is 12.1. The van der Waals surface area contributed by atoms with E-state index in [-0.39, 0.29) is 0 Å². The number of hydrogen-bond donors (Lipinski definition) is 0. The van der Waals surface area contributed by atoms with Crippen LogP contribution in [-0.2, 0) is 8.85 Å². The third-order valence-corrected chi connectivity index (χ3v) is 5.86. The van der Waals surface area contributed by atoms with E-state index in [1.54, 1.807) is 0 Å². The highest BCUT2D eigenvalue weighted by Gasteiger charge is 2.24. The molecule has 0 saturated carbocycles. The largest absolute Gasteiger partial charge is 0.394 e. The van der Waals surface area contributed by atoms with Crippen LogP contribution < -0.4 is 0 Å². The maximum atomic E-state index is 6.04. The minimum absolute atomic E-state index is 0.347. The topological polar surface area (TPSA) is 18.5 Å². The van der Waals surface area contributed by atoms with Gasteiger partial charge in [-0.3, -0.25) is 0 Å². The normalized spacial score (nSPS) is 19.6. The molecule has 0 fully saturated rings. The maximum absolute atomic E-state index is 6.04. The predicted octanol–water partition coefficient (Wildman–Crippen LogP) is 3.64. The van der Waals surface area contributed by atoms with Crippen LogP contribution in [-0.4, -0.2) is 21.5 Å². The van der Waals surface area contributed by atoms with Gasteiger partial charge in [-0.05, 0) is 32.2 Å². The van der Waals surface area contributed by atoms with Gasteiger partial charge in [0, 0.05) is 12.2 Å². The molecule has 0 aliphatic heterocycles. The maximum Gasteiger partial charge on any atom is 0.324 e. The van der Waals surface area contributed by atoms with Crippen LogP contribution in [0.4, 0.5) is 0 Å². The van der Waals surface area contributed by atoms with Gasteiger partial charge in [0.1, 0.15) is 0 Å². The first-order chi connectivity index (χ1) is 7.04. The Morgan fingerprint density at radius 2 is 1.20 bits per heavy atom. The zero-order chi connectivity index (χ0) is 11.8. The molecule has 0 bridgehead atoms. The Morgan fingerprint density at radius 3 is 1.47 bits per heavy atom. The molecule has 2 nitrogen and oxygen atoms in total. The lowest BCUT2D eigenvalue weighted by Gasteiger charge is -2.27. The molecule has 0 aliphatic rings. The van der Waals surface area contributed by atoms with Gasteiger partial charge in [-0.1, -0.05) is 34.1 Å². The molecule has 3 atom stereocenters. The quantitative estimate of drug-likeness (QED) is 0.595. The highest BCUT2D eigenvalue weighted by atomic mass is 28.3. The number of hydrogen-bond acceptors (Lipinski definition) is 2. The zero-order valence-corrected chi connectivity index (χ0v) is 12.4. The Bertz CT molecular complexity index is 141. The number of rotatable bonds is 8. The molecule has 0 heterocycles. The van der Waals surface area contributed by atoms with Crippen LogP contribution >= 0.6 is 0 Å². The molecule has 0 rings (SSSR count). The second-order valence-corrected chi connectivity index (χ2v) is 6.88. The van der Waals surface area contributed by atoms with Crippen molar-refractivity contribution >= 4 is 9.28 Å². The lowest BCUT2D eigenvalue weighted by atomic mass is 10.3. The molecule has 0 saturated heterocycles. The Balaban J connectivity index is 4.17. The van der Waals surface area contributed by atoms with E-state index in [4.69, 9.17) is 8.85 Å². The van der Waals surface area contributed by atoms with Gasteiger partial charge < -0.3 is 8.85 Å². The summed E-state index contributed by atoms with van der Waals surface area (Å²) in [6.45, 7) is 13.1. The Kier molecular flexibility index (Phi) is 8.38. The van der Waals surface area contributed by atoms with E-state index in [2.05, 4.69) is 41.5 Å². The van der Waals surface area contributed by atoms with Gasteiger partial charge in [0.25, 0.3) is 0 Å². The second kappa shape index (κ2) is 8.31. The molecular weight excluding hydrogens is 204 g/mol. The summed E-state index contributed by atoms with van der Waals surface area (Å²) in [5, 5.41) is 0. The Labute approximate surface area is 97.2 Å². The Hall–Kier alpha value is 0.137. The first kappa shape index (κ1) is 15.1. The van der Waals surface area contributed by atoms with Crippen LogP contribution in [0, 0.1) is 0 Å². The monoisotopic (exact) mass is 232 g/mol. The lowest BCUT2D eigenvalue weighted by Crippen LogP contribution is -2.34. The predicted molar refractivity (Wildman–Crippen MR) is 68.5 cm³/mol. The van der Waals surface area contributed by atoms with Gasteiger partial charge in [0.05, 0.1) is 0 Å². The summed E-state index contributed by atoms with van der Waals surface area (Å²) in [5.41, 5.74) is 0.605. The van der Waals surface area contributed by atoms with Crippen molar-refractivity contribution in [1.29, 1.82) is 0 Å². The summed E-state index contributed by atoms with van der Waals surface area (Å²) >= 11 is 0.